The van der Waals surface area contributed by atoms with E-state index in [0.717, 1.165) is 31.4 Å². The van der Waals surface area contributed by atoms with E-state index in [4.69, 9.17) is 5.73 Å². The molecule has 4 nitrogen and oxygen atoms in total. The van der Waals surface area contributed by atoms with Gasteiger partial charge in [0.25, 0.3) is 0 Å². The number of nitrogens with zero attached hydrogens (tertiary/aromatic N) is 1. The minimum absolute atomic E-state index is 0.0376. The molecule has 0 aromatic heterocycles. The van der Waals surface area contributed by atoms with Crippen molar-refractivity contribution in [3.05, 3.63) is 29.8 Å². The second-order valence-corrected chi connectivity index (χ2v) is 4.53. The van der Waals surface area contributed by atoms with Crippen LogP contribution in [0, 0.1) is 0 Å². The van der Waals surface area contributed by atoms with E-state index >= 15 is 0 Å². The highest BCUT2D eigenvalue weighted by Gasteiger charge is 2.23. The largest absolute Gasteiger partial charge is 0.508 e. The second-order valence-electron chi connectivity index (χ2n) is 4.53. The van der Waals surface area contributed by atoms with Crippen LogP contribution in [0.4, 0.5) is 0 Å². The molecule has 0 radical (unpaired) electrons. The van der Waals surface area contributed by atoms with Gasteiger partial charge in [-0.15, -0.1) is 0 Å². The van der Waals surface area contributed by atoms with Gasteiger partial charge in [-0.25, -0.2) is 0 Å². The lowest BCUT2D eigenvalue weighted by molar-refractivity contribution is -0.132. The zero-order chi connectivity index (χ0) is 12.3. The second kappa shape index (κ2) is 5.19. The summed E-state index contributed by atoms with van der Waals surface area (Å²) >= 11 is 0. The van der Waals surface area contributed by atoms with Gasteiger partial charge in [0.05, 0.1) is 6.04 Å². The Morgan fingerprint density at radius 2 is 2.00 bits per heavy atom. The first kappa shape index (κ1) is 11.9. The molecule has 17 heavy (non-hydrogen) atoms. The van der Waals surface area contributed by atoms with Crippen molar-refractivity contribution in [2.24, 2.45) is 5.73 Å². The van der Waals surface area contributed by atoms with Crippen molar-refractivity contribution in [3.63, 3.8) is 0 Å². The average Bonchev–Trinajstić information content (AvgIpc) is 2.48. The number of rotatable bonds is 2. The number of phenolic OH excluding ortho intramolecular Hbond substituents is 1. The van der Waals surface area contributed by atoms with Crippen molar-refractivity contribution >= 4 is 5.91 Å². The number of nitrogens with two attached hydrogens (primary N) is 1. The molecular formula is C13H18N2O2. The molecule has 0 unspecified atom stereocenters. The molecule has 0 saturated carbocycles. The molecule has 1 aliphatic heterocycles. The van der Waals surface area contributed by atoms with Gasteiger partial charge in [0, 0.05) is 13.1 Å². The summed E-state index contributed by atoms with van der Waals surface area (Å²) in [6.45, 7) is 1.35. The summed E-state index contributed by atoms with van der Waals surface area (Å²) in [7, 11) is 0. The molecule has 1 atom stereocenters. The van der Waals surface area contributed by atoms with Crippen molar-refractivity contribution in [2.75, 3.05) is 6.54 Å². The van der Waals surface area contributed by atoms with Crippen molar-refractivity contribution < 1.29 is 9.90 Å². The van der Waals surface area contributed by atoms with Crippen LogP contribution in [0.2, 0.25) is 0 Å². The Kier molecular flexibility index (Phi) is 3.64. The van der Waals surface area contributed by atoms with Crippen molar-refractivity contribution in [1.29, 1.82) is 0 Å². The quantitative estimate of drug-likeness (QED) is 0.809. The molecule has 1 aliphatic rings. The molecule has 0 bridgehead atoms. The Balaban J connectivity index is 2.06. The lowest BCUT2D eigenvalue weighted by atomic mass is 10.1. The number of carbonyl (C=O) groups excluding carboxylic acids is 1. The number of phenols is 1. The molecule has 1 aromatic rings. The molecule has 4 heteroatoms. The fourth-order valence-electron chi connectivity index (χ4n) is 2.11. The van der Waals surface area contributed by atoms with E-state index in [1.165, 1.54) is 0 Å². The molecule has 0 spiro atoms. The fraction of sp³-hybridized carbons (Fsp3) is 0.462. The third-order valence-electron chi connectivity index (χ3n) is 3.13. The number of amides is 1. The fourth-order valence-corrected chi connectivity index (χ4v) is 2.11. The maximum atomic E-state index is 12.0. The van der Waals surface area contributed by atoms with Gasteiger partial charge in [-0.2, -0.15) is 0 Å². The molecule has 3 N–H and O–H groups in total. The number of carbonyl (C=O) groups is 1. The van der Waals surface area contributed by atoms with E-state index in [1.807, 2.05) is 17.0 Å². The van der Waals surface area contributed by atoms with Gasteiger partial charge in [0.2, 0.25) is 5.91 Å². The third kappa shape index (κ3) is 2.97. The lowest BCUT2D eigenvalue weighted by Gasteiger charge is -2.22. The zero-order valence-corrected chi connectivity index (χ0v) is 9.80. The number of benzene rings is 1. The minimum Gasteiger partial charge on any atom is -0.508 e. The van der Waals surface area contributed by atoms with E-state index in [1.54, 1.807) is 12.1 Å². The summed E-state index contributed by atoms with van der Waals surface area (Å²) in [6, 6.07) is 6.59. The highest BCUT2D eigenvalue weighted by atomic mass is 16.3. The maximum Gasteiger partial charge on any atom is 0.239 e. The number of hydrogen-bond donors (Lipinski definition) is 2. The van der Waals surface area contributed by atoms with Crippen molar-refractivity contribution in [3.8, 4) is 5.75 Å². The number of likely N-dealkylation sites (tertiary alicyclic amines) is 1. The highest BCUT2D eigenvalue weighted by Crippen LogP contribution is 2.16. The standard InChI is InChI=1S/C13H18N2O2/c14-12-3-1-2-8-15(13(12)17)9-10-4-6-11(16)7-5-10/h4-7,12,16H,1-3,8-9,14H2/t12-/m1/s1. The summed E-state index contributed by atoms with van der Waals surface area (Å²) in [5.41, 5.74) is 6.83. The van der Waals surface area contributed by atoms with Gasteiger partial charge in [-0.1, -0.05) is 12.1 Å². The number of aromatic hydroxyl groups is 1. The zero-order valence-electron chi connectivity index (χ0n) is 9.80. The Morgan fingerprint density at radius 1 is 1.29 bits per heavy atom. The molecule has 1 fully saturated rings. The van der Waals surface area contributed by atoms with Crippen LogP contribution in [0.5, 0.6) is 5.75 Å². The summed E-state index contributed by atoms with van der Waals surface area (Å²) < 4.78 is 0. The monoisotopic (exact) mass is 234 g/mol. The van der Waals surface area contributed by atoms with Crippen LogP contribution in [0.1, 0.15) is 24.8 Å². The molecule has 2 rings (SSSR count). The Hall–Kier alpha value is -1.55. The third-order valence-corrected chi connectivity index (χ3v) is 3.13. The van der Waals surface area contributed by atoms with Crippen molar-refractivity contribution in [2.45, 2.75) is 31.8 Å². The average molecular weight is 234 g/mol. The van der Waals surface area contributed by atoms with Gasteiger partial charge in [-0.3, -0.25) is 4.79 Å². The van der Waals surface area contributed by atoms with Crippen LogP contribution >= 0.6 is 0 Å². The van der Waals surface area contributed by atoms with E-state index in [2.05, 4.69) is 0 Å². The molecule has 92 valence electrons. The molecule has 1 heterocycles. The SMILES string of the molecule is N[C@@H]1CCCCN(Cc2ccc(O)cc2)C1=O. The minimum atomic E-state index is -0.352. The summed E-state index contributed by atoms with van der Waals surface area (Å²) in [5, 5.41) is 9.20. The van der Waals surface area contributed by atoms with Crippen LogP contribution in [0.15, 0.2) is 24.3 Å². The molecular weight excluding hydrogens is 216 g/mol. The predicted molar refractivity (Wildman–Crippen MR) is 65.4 cm³/mol. The Bertz CT molecular complexity index is 389. The highest BCUT2D eigenvalue weighted by molar-refractivity contribution is 5.81. The smallest absolute Gasteiger partial charge is 0.239 e. The molecule has 0 aliphatic carbocycles. The predicted octanol–water partition coefficient (Wildman–Crippen LogP) is 1.23. The normalized spacial score (nSPS) is 21.4. The van der Waals surface area contributed by atoms with Crippen LogP contribution in [-0.2, 0) is 11.3 Å². The van der Waals surface area contributed by atoms with Gasteiger partial charge in [-0.05, 0) is 37.0 Å². The van der Waals surface area contributed by atoms with Crippen LogP contribution in [0.3, 0.4) is 0 Å². The van der Waals surface area contributed by atoms with E-state index in [-0.39, 0.29) is 17.7 Å². The Morgan fingerprint density at radius 3 is 2.71 bits per heavy atom. The first-order valence-corrected chi connectivity index (χ1v) is 5.99. The van der Waals surface area contributed by atoms with E-state index in [0.29, 0.717) is 6.54 Å². The summed E-state index contributed by atoms with van der Waals surface area (Å²) in [4.78, 5) is 13.8. The topological polar surface area (TPSA) is 66.6 Å². The summed E-state index contributed by atoms with van der Waals surface area (Å²) in [6.07, 6.45) is 2.81. The van der Waals surface area contributed by atoms with Gasteiger partial charge < -0.3 is 15.7 Å². The number of hydrogen-bond acceptors (Lipinski definition) is 3. The van der Waals surface area contributed by atoms with E-state index < -0.39 is 0 Å². The van der Waals surface area contributed by atoms with Crippen LogP contribution < -0.4 is 5.73 Å². The van der Waals surface area contributed by atoms with Crippen LogP contribution in [-0.4, -0.2) is 28.5 Å². The van der Waals surface area contributed by atoms with Crippen molar-refractivity contribution in [1.82, 2.24) is 4.90 Å². The Labute approximate surface area is 101 Å². The van der Waals surface area contributed by atoms with Gasteiger partial charge in [0.15, 0.2) is 0 Å². The molecule has 1 aromatic carbocycles. The lowest BCUT2D eigenvalue weighted by Crippen LogP contribution is -2.41. The van der Waals surface area contributed by atoms with Gasteiger partial charge in [0.1, 0.15) is 5.75 Å². The van der Waals surface area contributed by atoms with Crippen LogP contribution in [0.25, 0.3) is 0 Å². The first-order valence-electron chi connectivity index (χ1n) is 5.99. The van der Waals surface area contributed by atoms with E-state index in [9.17, 15) is 9.90 Å². The summed E-state index contributed by atoms with van der Waals surface area (Å²) in [5.74, 6) is 0.281. The molecule has 1 saturated heterocycles. The maximum absolute atomic E-state index is 12.0. The van der Waals surface area contributed by atoms with Gasteiger partial charge >= 0.3 is 0 Å². The molecule has 1 amide bonds. The first-order chi connectivity index (χ1) is 8.16.